The predicted molar refractivity (Wildman–Crippen MR) is 151 cm³/mol. The summed E-state index contributed by atoms with van der Waals surface area (Å²) in [6, 6.07) is 8.82. The number of aromatic nitrogens is 5. The highest BCUT2D eigenvalue weighted by Crippen LogP contribution is 2.54. The van der Waals surface area contributed by atoms with Crippen LogP contribution in [-0.4, -0.2) is 83.2 Å². The van der Waals surface area contributed by atoms with Gasteiger partial charge in [-0.25, -0.2) is 22.2 Å². The van der Waals surface area contributed by atoms with Gasteiger partial charge in [-0.05, 0) is 67.5 Å². The standard InChI is InChI=1S/C27H34F2N8O3S/c1-19-16-21(18-24(30-19)36-12-8-27(28,29)9-13-36)37-32-25(31-34-37)22-3-2-20(33-41(39,40)15-14-38)17-23(22)35-10-6-26(4-5-26)7-11-35/h2-3,16-18,33,38H,4-15H2,1H3. The van der Waals surface area contributed by atoms with Crippen LogP contribution in [0.3, 0.4) is 0 Å². The number of nitrogens with zero attached hydrogens (tertiary/aromatic N) is 7. The minimum Gasteiger partial charge on any atom is -0.395 e. The van der Waals surface area contributed by atoms with Gasteiger partial charge in [0.15, 0.2) is 0 Å². The maximum Gasteiger partial charge on any atom is 0.251 e. The maximum absolute atomic E-state index is 13.7. The van der Waals surface area contributed by atoms with Crippen molar-refractivity contribution >= 4 is 27.2 Å². The van der Waals surface area contributed by atoms with Crippen molar-refractivity contribution in [3.63, 3.8) is 0 Å². The van der Waals surface area contributed by atoms with E-state index < -0.39 is 22.6 Å². The average molecular weight is 589 g/mol. The van der Waals surface area contributed by atoms with E-state index >= 15 is 0 Å². The molecule has 3 aromatic rings. The summed E-state index contributed by atoms with van der Waals surface area (Å²) < 4.78 is 54.6. The van der Waals surface area contributed by atoms with Gasteiger partial charge >= 0.3 is 0 Å². The van der Waals surface area contributed by atoms with E-state index in [1.54, 1.807) is 24.3 Å². The van der Waals surface area contributed by atoms with E-state index in [-0.39, 0.29) is 31.7 Å². The van der Waals surface area contributed by atoms with Crippen LogP contribution in [0, 0.1) is 12.3 Å². The van der Waals surface area contributed by atoms with Crippen molar-refractivity contribution in [3.05, 3.63) is 36.0 Å². The van der Waals surface area contributed by atoms with Crippen LogP contribution in [0.4, 0.5) is 26.0 Å². The van der Waals surface area contributed by atoms with E-state index in [4.69, 9.17) is 5.11 Å². The van der Waals surface area contributed by atoms with Crippen LogP contribution in [0.5, 0.6) is 0 Å². The van der Waals surface area contributed by atoms with Crippen LogP contribution >= 0.6 is 0 Å². The van der Waals surface area contributed by atoms with E-state index in [1.165, 1.54) is 17.6 Å². The van der Waals surface area contributed by atoms with Gasteiger partial charge in [0.1, 0.15) is 5.82 Å². The molecular weight excluding hydrogens is 554 g/mol. The molecule has 0 amide bonds. The summed E-state index contributed by atoms with van der Waals surface area (Å²) in [7, 11) is -3.69. The van der Waals surface area contributed by atoms with Crippen molar-refractivity contribution in [2.45, 2.75) is 51.4 Å². The lowest BCUT2D eigenvalue weighted by Gasteiger charge is -2.35. The lowest BCUT2D eigenvalue weighted by atomic mass is 9.93. The van der Waals surface area contributed by atoms with Gasteiger partial charge in [0, 0.05) is 56.3 Å². The van der Waals surface area contributed by atoms with E-state index in [0.717, 1.165) is 37.2 Å². The van der Waals surface area contributed by atoms with Crippen LogP contribution in [0.1, 0.15) is 44.2 Å². The number of piperidine rings is 2. The zero-order chi connectivity index (χ0) is 28.8. The maximum atomic E-state index is 13.7. The summed E-state index contributed by atoms with van der Waals surface area (Å²) in [6.45, 7) is 3.48. The molecule has 0 atom stereocenters. The van der Waals surface area contributed by atoms with Crippen molar-refractivity contribution < 1.29 is 22.3 Å². The molecule has 4 heterocycles. The summed E-state index contributed by atoms with van der Waals surface area (Å²) in [5.41, 5.74) is 3.71. The fourth-order valence-electron chi connectivity index (χ4n) is 5.70. The lowest BCUT2D eigenvalue weighted by molar-refractivity contribution is -0.0221. The van der Waals surface area contributed by atoms with Crippen molar-refractivity contribution in [1.82, 2.24) is 25.2 Å². The quantitative estimate of drug-likeness (QED) is 0.407. The third-order valence-corrected chi connectivity index (χ3v) is 9.65. The zero-order valence-electron chi connectivity index (χ0n) is 22.9. The Morgan fingerprint density at radius 1 is 0.976 bits per heavy atom. The number of hydrogen-bond donors (Lipinski definition) is 2. The number of nitrogens with one attached hydrogen (secondary N) is 1. The molecule has 41 heavy (non-hydrogen) atoms. The highest BCUT2D eigenvalue weighted by atomic mass is 32.2. The number of aliphatic hydroxyl groups excluding tert-OH is 1. The molecule has 1 spiro atoms. The van der Waals surface area contributed by atoms with Gasteiger partial charge in [-0.2, -0.15) is 0 Å². The molecule has 1 aliphatic carbocycles. The second-order valence-electron chi connectivity index (χ2n) is 11.4. The van der Waals surface area contributed by atoms with Crippen LogP contribution in [-0.2, 0) is 10.0 Å². The summed E-state index contributed by atoms with van der Waals surface area (Å²) in [4.78, 5) is 10.1. The molecule has 220 valence electrons. The number of sulfonamides is 1. The zero-order valence-corrected chi connectivity index (χ0v) is 23.7. The van der Waals surface area contributed by atoms with Crippen LogP contribution in [0.25, 0.3) is 17.1 Å². The van der Waals surface area contributed by atoms with Gasteiger partial charge in [-0.1, -0.05) is 0 Å². The van der Waals surface area contributed by atoms with E-state index in [1.807, 2.05) is 17.9 Å². The molecule has 3 aliphatic rings. The minimum absolute atomic E-state index is 0.212. The van der Waals surface area contributed by atoms with Gasteiger partial charge in [0.2, 0.25) is 15.8 Å². The van der Waals surface area contributed by atoms with Crippen LogP contribution < -0.4 is 14.5 Å². The first-order chi connectivity index (χ1) is 19.5. The first kappa shape index (κ1) is 27.8. The molecule has 0 bridgehead atoms. The number of tetrazole rings is 1. The van der Waals surface area contributed by atoms with Crippen molar-refractivity contribution in [2.24, 2.45) is 5.41 Å². The monoisotopic (exact) mass is 588 g/mol. The van der Waals surface area contributed by atoms with Gasteiger partial charge < -0.3 is 14.9 Å². The molecule has 1 saturated carbocycles. The molecule has 0 unspecified atom stereocenters. The summed E-state index contributed by atoms with van der Waals surface area (Å²) >= 11 is 0. The van der Waals surface area contributed by atoms with Crippen molar-refractivity contribution in [1.29, 1.82) is 0 Å². The van der Waals surface area contributed by atoms with Gasteiger partial charge in [-0.15, -0.1) is 15.0 Å². The number of benzene rings is 1. The minimum atomic E-state index is -3.69. The summed E-state index contributed by atoms with van der Waals surface area (Å²) in [5, 5.41) is 22.4. The molecule has 2 saturated heterocycles. The number of halogens is 2. The Kier molecular flexibility index (Phi) is 7.09. The molecule has 3 fully saturated rings. The Bertz CT molecular complexity index is 1520. The SMILES string of the molecule is Cc1cc(-n2nnc(-c3ccc(NS(=O)(=O)CCO)cc3N3CCC4(CC3)CC4)n2)cc(N2CCC(F)(F)CC2)n1. The second kappa shape index (κ2) is 10.5. The normalized spacial score (nSPS) is 19.9. The average Bonchev–Trinajstić information content (AvgIpc) is 3.48. The highest BCUT2D eigenvalue weighted by molar-refractivity contribution is 7.92. The van der Waals surface area contributed by atoms with E-state index in [9.17, 15) is 17.2 Å². The topological polar surface area (TPSA) is 129 Å². The molecule has 2 aromatic heterocycles. The van der Waals surface area contributed by atoms with Crippen molar-refractivity contribution in [3.8, 4) is 17.1 Å². The predicted octanol–water partition coefficient (Wildman–Crippen LogP) is 3.38. The summed E-state index contributed by atoms with van der Waals surface area (Å²) in [5.74, 6) is -2.06. The molecule has 2 aliphatic heterocycles. The number of anilines is 3. The largest absolute Gasteiger partial charge is 0.395 e. The second-order valence-corrected chi connectivity index (χ2v) is 13.3. The van der Waals surface area contributed by atoms with Crippen molar-refractivity contribution in [2.75, 3.05) is 53.1 Å². The lowest BCUT2D eigenvalue weighted by Crippen LogP contribution is -2.39. The number of aryl methyl sites for hydroxylation is 1. The Hall–Kier alpha value is -3.39. The third kappa shape index (κ3) is 6.13. The van der Waals surface area contributed by atoms with E-state index in [0.29, 0.717) is 34.1 Å². The molecular formula is C27H34F2N8O3S. The number of pyridine rings is 1. The van der Waals surface area contributed by atoms with E-state index in [2.05, 4.69) is 30.0 Å². The highest BCUT2D eigenvalue weighted by Gasteiger charge is 2.44. The molecule has 2 N–H and O–H groups in total. The van der Waals surface area contributed by atoms with Gasteiger partial charge in [0.05, 0.1) is 29.4 Å². The molecule has 11 nitrogen and oxygen atoms in total. The Balaban J connectivity index is 1.30. The third-order valence-electron chi connectivity index (χ3n) is 8.38. The number of alkyl halides is 2. The fourth-order valence-corrected chi connectivity index (χ4v) is 6.53. The number of hydrogen-bond acceptors (Lipinski definition) is 9. The Morgan fingerprint density at radius 2 is 1.68 bits per heavy atom. The van der Waals surface area contributed by atoms with Crippen LogP contribution in [0.15, 0.2) is 30.3 Å². The first-order valence-electron chi connectivity index (χ1n) is 14.0. The smallest absolute Gasteiger partial charge is 0.251 e. The van der Waals surface area contributed by atoms with Crippen LogP contribution in [0.2, 0.25) is 0 Å². The van der Waals surface area contributed by atoms with Gasteiger partial charge in [0.25, 0.3) is 5.92 Å². The summed E-state index contributed by atoms with van der Waals surface area (Å²) in [6.07, 6.45) is 4.26. The fraction of sp³-hybridized carbons (Fsp3) is 0.556. The number of rotatable bonds is 8. The molecule has 6 rings (SSSR count). The molecule has 1 aromatic carbocycles. The Labute approximate surface area is 237 Å². The first-order valence-corrected chi connectivity index (χ1v) is 15.6. The van der Waals surface area contributed by atoms with Gasteiger partial charge in [-0.3, -0.25) is 4.72 Å². The number of aliphatic hydroxyl groups is 1. The Morgan fingerprint density at radius 3 is 2.37 bits per heavy atom. The molecule has 14 heteroatoms. The molecule has 0 radical (unpaired) electrons.